The van der Waals surface area contributed by atoms with Crippen LogP contribution in [0.1, 0.15) is 28.4 Å². The van der Waals surface area contributed by atoms with Crippen molar-refractivity contribution >= 4 is 49.7 Å². The summed E-state index contributed by atoms with van der Waals surface area (Å²) in [6.07, 6.45) is 1.15. The zero-order chi connectivity index (χ0) is 29.0. The Morgan fingerprint density at radius 3 is 2.38 bits per heavy atom. The predicted molar refractivity (Wildman–Crippen MR) is 159 cm³/mol. The number of aromatic hydroxyl groups is 1. The van der Waals surface area contributed by atoms with Crippen LogP contribution in [0.25, 0.3) is 10.9 Å². The molecule has 0 atom stereocenters. The molecule has 4 aromatic rings. The minimum atomic E-state index is -3.57. The molecular weight excluding hydrogens is 530 g/mol. The molecule has 3 aromatic carbocycles. The van der Waals surface area contributed by atoms with Crippen LogP contribution in [-0.2, 0) is 14.8 Å². The van der Waals surface area contributed by atoms with Gasteiger partial charge in [0.2, 0.25) is 10.0 Å². The third kappa shape index (κ3) is 6.27. The van der Waals surface area contributed by atoms with Gasteiger partial charge in [-0.05, 0) is 51.4 Å². The number of nitrogens with one attached hydrogen (secondary N) is 1. The van der Waals surface area contributed by atoms with E-state index in [-0.39, 0.29) is 24.7 Å². The number of sulfonamides is 1. The number of carbonyl (C=O) groups is 1. The number of nitrogen functional groups attached to an aromatic ring is 1. The van der Waals surface area contributed by atoms with E-state index in [0.29, 0.717) is 45.7 Å². The van der Waals surface area contributed by atoms with Crippen LogP contribution in [0.2, 0.25) is 0 Å². The van der Waals surface area contributed by atoms with Gasteiger partial charge in [0.25, 0.3) is 0 Å². The number of fused-ring (bicyclic) bond motifs is 1. The molecule has 0 fully saturated rings. The van der Waals surface area contributed by atoms with Crippen molar-refractivity contribution in [3.63, 3.8) is 0 Å². The highest BCUT2D eigenvalue weighted by atomic mass is 32.2. The number of rotatable bonds is 10. The van der Waals surface area contributed by atoms with E-state index in [2.05, 4.69) is 4.98 Å². The van der Waals surface area contributed by atoms with Crippen LogP contribution in [0.3, 0.4) is 0 Å². The molecule has 0 aliphatic rings. The second-order valence-corrected chi connectivity index (χ2v) is 11.4. The molecule has 0 aliphatic heterocycles. The molecule has 0 amide bonds. The molecule has 1 aromatic heterocycles. The van der Waals surface area contributed by atoms with E-state index in [1.165, 1.54) is 4.31 Å². The number of carbonyl (C=O) groups excluding carboxylic acids is 1. The van der Waals surface area contributed by atoms with Crippen LogP contribution in [0.5, 0.6) is 5.88 Å². The molecule has 1 heterocycles. The van der Waals surface area contributed by atoms with Gasteiger partial charge in [0.1, 0.15) is 0 Å². The summed E-state index contributed by atoms with van der Waals surface area (Å²) in [6.45, 7) is 2.75. The topological polar surface area (TPSA) is 141 Å². The van der Waals surface area contributed by atoms with Crippen molar-refractivity contribution in [1.29, 1.82) is 0 Å². The Hall–Kier alpha value is -4.35. The lowest BCUT2D eigenvalue weighted by molar-refractivity contribution is 0.0526. The van der Waals surface area contributed by atoms with E-state index in [0.717, 1.165) is 11.8 Å². The Morgan fingerprint density at radius 2 is 1.75 bits per heavy atom. The van der Waals surface area contributed by atoms with Crippen molar-refractivity contribution < 1.29 is 23.1 Å². The number of H-pyrrole nitrogens is 1. The summed E-state index contributed by atoms with van der Waals surface area (Å²) in [6, 6.07) is 19.3. The standard InChI is InChI=1S/C29H33N5O5S/c1-5-39-29(36)20-11-13-22-24(17-20)32-28(35)26(22)27(19-9-7-6-8-10-19)31-21-12-14-25(23(30)18-21)34(40(4,37)38)16-15-33(2)3/h6-14,17-18,32,35H,5,15-16,30H2,1-4H3. The fourth-order valence-corrected chi connectivity index (χ4v) is 5.29. The maximum Gasteiger partial charge on any atom is 0.338 e. The summed E-state index contributed by atoms with van der Waals surface area (Å²) in [5.41, 5.74) is 9.99. The zero-order valence-electron chi connectivity index (χ0n) is 22.9. The van der Waals surface area contributed by atoms with Crippen LogP contribution >= 0.6 is 0 Å². The fraction of sp³-hybridized carbons (Fsp3) is 0.241. The number of hydrogen-bond donors (Lipinski definition) is 3. The second kappa shape index (κ2) is 11.8. The molecule has 0 spiro atoms. The number of aromatic nitrogens is 1. The molecule has 0 bridgehead atoms. The second-order valence-electron chi connectivity index (χ2n) is 9.54. The first-order valence-electron chi connectivity index (χ1n) is 12.7. The first kappa shape index (κ1) is 28.7. The average molecular weight is 564 g/mol. The number of hydrogen-bond acceptors (Lipinski definition) is 8. The number of esters is 1. The van der Waals surface area contributed by atoms with Gasteiger partial charge in [0.05, 0.1) is 46.8 Å². The number of likely N-dealkylation sites (N-methyl/N-ethyl adjacent to an activating group) is 1. The highest BCUT2D eigenvalue weighted by Gasteiger charge is 2.22. The summed E-state index contributed by atoms with van der Waals surface area (Å²) in [5, 5.41) is 11.6. The Labute approximate surface area is 233 Å². The van der Waals surface area contributed by atoms with E-state index in [1.54, 1.807) is 43.3 Å². The van der Waals surface area contributed by atoms with Crippen molar-refractivity contribution in [2.75, 3.05) is 50.1 Å². The highest BCUT2D eigenvalue weighted by molar-refractivity contribution is 7.92. The van der Waals surface area contributed by atoms with Gasteiger partial charge in [-0.25, -0.2) is 18.2 Å². The summed E-state index contributed by atoms with van der Waals surface area (Å²) in [4.78, 5) is 21.9. The van der Waals surface area contributed by atoms with Crippen molar-refractivity contribution in [3.8, 4) is 5.88 Å². The number of anilines is 2. The van der Waals surface area contributed by atoms with Crippen LogP contribution in [0.4, 0.5) is 17.1 Å². The van der Waals surface area contributed by atoms with E-state index in [4.69, 9.17) is 15.5 Å². The molecule has 0 unspecified atom stereocenters. The number of benzene rings is 3. The number of ether oxygens (including phenoxy) is 1. The van der Waals surface area contributed by atoms with Gasteiger partial charge in [-0.1, -0.05) is 36.4 Å². The molecule has 4 rings (SSSR count). The Kier molecular flexibility index (Phi) is 8.46. The maximum absolute atomic E-state index is 12.5. The molecule has 0 radical (unpaired) electrons. The average Bonchev–Trinajstić information content (AvgIpc) is 3.22. The van der Waals surface area contributed by atoms with Crippen LogP contribution in [0.15, 0.2) is 71.7 Å². The summed E-state index contributed by atoms with van der Waals surface area (Å²) >= 11 is 0. The maximum atomic E-state index is 12.5. The van der Waals surface area contributed by atoms with Gasteiger partial charge in [-0.3, -0.25) is 4.31 Å². The molecule has 10 nitrogen and oxygen atoms in total. The van der Waals surface area contributed by atoms with Crippen LogP contribution in [0, 0.1) is 0 Å². The van der Waals surface area contributed by atoms with Gasteiger partial charge in [0, 0.05) is 29.6 Å². The Morgan fingerprint density at radius 1 is 1.02 bits per heavy atom. The van der Waals surface area contributed by atoms with Crippen molar-refractivity contribution in [2.45, 2.75) is 6.92 Å². The number of nitrogens with zero attached hydrogens (tertiary/aromatic N) is 3. The van der Waals surface area contributed by atoms with E-state index >= 15 is 0 Å². The molecule has 11 heteroatoms. The lowest BCUT2D eigenvalue weighted by atomic mass is 10.00. The minimum absolute atomic E-state index is 0.116. The number of aromatic amines is 1. The lowest BCUT2D eigenvalue weighted by Gasteiger charge is -2.25. The summed E-state index contributed by atoms with van der Waals surface area (Å²) in [5.74, 6) is -0.573. The normalized spacial score (nSPS) is 12.2. The summed E-state index contributed by atoms with van der Waals surface area (Å²) < 4.78 is 31.4. The number of aliphatic imine (C=N–C) groups is 1. The first-order chi connectivity index (χ1) is 19.0. The molecule has 0 aliphatic carbocycles. The van der Waals surface area contributed by atoms with E-state index in [9.17, 15) is 18.3 Å². The third-order valence-electron chi connectivity index (χ3n) is 6.25. The predicted octanol–water partition coefficient (Wildman–Crippen LogP) is 4.13. The van der Waals surface area contributed by atoms with E-state index < -0.39 is 16.0 Å². The molecule has 40 heavy (non-hydrogen) atoms. The minimum Gasteiger partial charge on any atom is -0.494 e. The molecule has 210 valence electrons. The Bertz CT molecular complexity index is 1660. The lowest BCUT2D eigenvalue weighted by Crippen LogP contribution is -2.36. The number of nitrogens with two attached hydrogens (primary N) is 1. The SMILES string of the molecule is CCOC(=O)c1ccc2c(C(=Nc3ccc(N(CCN(C)C)S(C)(=O)=O)c(N)c3)c3ccccc3)c(O)[nH]c2c1. The van der Waals surface area contributed by atoms with Gasteiger partial charge in [-0.2, -0.15) is 0 Å². The third-order valence-corrected chi connectivity index (χ3v) is 7.43. The first-order valence-corrected chi connectivity index (χ1v) is 14.5. The van der Waals surface area contributed by atoms with Gasteiger partial charge in [0.15, 0.2) is 5.88 Å². The van der Waals surface area contributed by atoms with Crippen LogP contribution < -0.4 is 10.0 Å². The van der Waals surface area contributed by atoms with Gasteiger partial charge < -0.3 is 25.5 Å². The molecule has 0 saturated carbocycles. The van der Waals surface area contributed by atoms with Gasteiger partial charge >= 0.3 is 5.97 Å². The van der Waals surface area contributed by atoms with Crippen molar-refractivity contribution in [1.82, 2.24) is 9.88 Å². The smallest absolute Gasteiger partial charge is 0.338 e. The summed E-state index contributed by atoms with van der Waals surface area (Å²) in [7, 11) is 0.158. The quantitative estimate of drug-likeness (QED) is 0.150. The van der Waals surface area contributed by atoms with Crippen molar-refractivity contribution in [2.24, 2.45) is 4.99 Å². The highest BCUT2D eigenvalue weighted by Crippen LogP contribution is 2.34. The molecular formula is C29H33N5O5S. The Balaban J connectivity index is 1.83. The zero-order valence-corrected chi connectivity index (χ0v) is 23.7. The molecule has 0 saturated heterocycles. The molecule has 4 N–H and O–H groups in total. The largest absolute Gasteiger partial charge is 0.494 e. The monoisotopic (exact) mass is 563 g/mol. The van der Waals surface area contributed by atoms with Gasteiger partial charge in [-0.15, -0.1) is 0 Å². The van der Waals surface area contributed by atoms with Crippen molar-refractivity contribution in [3.05, 3.63) is 83.4 Å². The fourth-order valence-electron chi connectivity index (χ4n) is 4.35. The van der Waals surface area contributed by atoms with Crippen LogP contribution in [-0.4, -0.2) is 75.1 Å². The van der Waals surface area contributed by atoms with E-state index in [1.807, 2.05) is 49.3 Å².